The number of rotatable bonds is 4. The van der Waals surface area contributed by atoms with Gasteiger partial charge in [-0.15, -0.1) is 0 Å². The summed E-state index contributed by atoms with van der Waals surface area (Å²) in [6, 6.07) is 5.76. The third kappa shape index (κ3) is 2.94. The lowest BCUT2D eigenvalue weighted by atomic mass is 10.1. The second-order valence-electron chi connectivity index (χ2n) is 4.28. The van der Waals surface area contributed by atoms with Crippen molar-refractivity contribution in [2.75, 3.05) is 20.3 Å². The van der Waals surface area contributed by atoms with Crippen molar-refractivity contribution in [3.8, 4) is 11.5 Å². The Morgan fingerprint density at radius 2 is 2.17 bits per heavy atom. The summed E-state index contributed by atoms with van der Waals surface area (Å²) in [7, 11) is 1.63. The van der Waals surface area contributed by atoms with Gasteiger partial charge >= 0.3 is 0 Å². The smallest absolute Gasteiger partial charge is 0.184 e. The second-order valence-corrected chi connectivity index (χ2v) is 4.28. The minimum Gasteiger partial charge on any atom is -0.493 e. The summed E-state index contributed by atoms with van der Waals surface area (Å²) < 4.78 is 22.2. The zero-order valence-corrected chi connectivity index (χ0v) is 11.1. The van der Waals surface area contributed by atoms with Gasteiger partial charge in [0.2, 0.25) is 0 Å². The summed E-state index contributed by atoms with van der Waals surface area (Å²) in [5.41, 5.74) is 0.960. The molecule has 1 aromatic carbocycles. The van der Waals surface area contributed by atoms with E-state index >= 15 is 0 Å². The summed E-state index contributed by atoms with van der Waals surface area (Å²) in [5, 5.41) is 0. The number of methoxy groups -OCH3 is 1. The highest BCUT2D eigenvalue weighted by molar-refractivity contribution is 5.43. The quantitative estimate of drug-likeness (QED) is 0.825. The minimum atomic E-state index is -0.307. The van der Waals surface area contributed by atoms with Crippen LogP contribution in [0.4, 0.5) is 0 Å². The predicted molar refractivity (Wildman–Crippen MR) is 68.0 cm³/mol. The lowest BCUT2D eigenvalue weighted by molar-refractivity contribution is -0.212. The van der Waals surface area contributed by atoms with Crippen LogP contribution in [0.2, 0.25) is 0 Å². The molecule has 0 radical (unpaired) electrons. The van der Waals surface area contributed by atoms with Gasteiger partial charge in [-0.2, -0.15) is 0 Å². The van der Waals surface area contributed by atoms with Crippen molar-refractivity contribution >= 4 is 0 Å². The van der Waals surface area contributed by atoms with Gasteiger partial charge in [0.05, 0.1) is 26.4 Å². The third-order valence-electron chi connectivity index (χ3n) is 2.91. The maximum absolute atomic E-state index is 5.75. The standard InChI is InChI=1S/C14H20O4/c1-4-16-12-6-5-11(9-13(12)15-3)14-17-8-7-10(2)18-14/h5-6,9-10,14H,4,7-8H2,1-3H3/t10-,14-/m0/s1. The largest absolute Gasteiger partial charge is 0.493 e. The molecule has 1 aliphatic rings. The van der Waals surface area contributed by atoms with Gasteiger partial charge in [0.15, 0.2) is 17.8 Å². The highest BCUT2D eigenvalue weighted by Gasteiger charge is 2.22. The van der Waals surface area contributed by atoms with Gasteiger partial charge in [0.25, 0.3) is 0 Å². The molecule has 1 fully saturated rings. The molecule has 0 aromatic heterocycles. The van der Waals surface area contributed by atoms with Gasteiger partial charge in [-0.25, -0.2) is 0 Å². The van der Waals surface area contributed by atoms with Crippen LogP contribution in [0.15, 0.2) is 18.2 Å². The molecule has 4 heteroatoms. The number of hydrogen-bond donors (Lipinski definition) is 0. The first-order valence-corrected chi connectivity index (χ1v) is 6.32. The molecule has 0 saturated carbocycles. The molecule has 2 rings (SSSR count). The molecule has 1 aromatic rings. The van der Waals surface area contributed by atoms with Crippen LogP contribution in [0.25, 0.3) is 0 Å². The SMILES string of the molecule is CCOc1ccc([C@H]2OCC[C@H](C)O2)cc1OC. The second kappa shape index (κ2) is 6.07. The minimum absolute atomic E-state index is 0.223. The van der Waals surface area contributed by atoms with E-state index in [-0.39, 0.29) is 12.4 Å². The van der Waals surface area contributed by atoms with E-state index in [1.165, 1.54) is 0 Å². The molecule has 2 atom stereocenters. The van der Waals surface area contributed by atoms with Crippen LogP contribution in [0.3, 0.4) is 0 Å². The molecular formula is C14H20O4. The average Bonchev–Trinajstić information content (AvgIpc) is 2.39. The van der Waals surface area contributed by atoms with Crippen LogP contribution in [0.5, 0.6) is 11.5 Å². The molecule has 0 amide bonds. The van der Waals surface area contributed by atoms with Crippen LogP contribution >= 0.6 is 0 Å². The molecule has 100 valence electrons. The van der Waals surface area contributed by atoms with Crippen LogP contribution in [0, 0.1) is 0 Å². The number of ether oxygens (including phenoxy) is 4. The molecule has 1 aliphatic heterocycles. The van der Waals surface area contributed by atoms with Crippen LogP contribution in [-0.2, 0) is 9.47 Å². The maximum atomic E-state index is 5.75. The fourth-order valence-corrected chi connectivity index (χ4v) is 1.94. The summed E-state index contributed by atoms with van der Waals surface area (Å²) in [4.78, 5) is 0. The molecule has 1 saturated heterocycles. The van der Waals surface area contributed by atoms with Crippen molar-refractivity contribution in [3.63, 3.8) is 0 Å². The van der Waals surface area contributed by atoms with E-state index in [9.17, 15) is 0 Å². The highest BCUT2D eigenvalue weighted by atomic mass is 16.7. The van der Waals surface area contributed by atoms with Crippen molar-refractivity contribution in [3.05, 3.63) is 23.8 Å². The molecule has 0 N–H and O–H groups in total. The Morgan fingerprint density at radius 3 is 2.83 bits per heavy atom. The van der Waals surface area contributed by atoms with Crippen LogP contribution < -0.4 is 9.47 Å². The van der Waals surface area contributed by atoms with E-state index in [4.69, 9.17) is 18.9 Å². The van der Waals surface area contributed by atoms with Gasteiger partial charge in [0, 0.05) is 5.56 Å². The summed E-state index contributed by atoms with van der Waals surface area (Å²) >= 11 is 0. The normalized spacial score (nSPS) is 23.7. The zero-order chi connectivity index (χ0) is 13.0. The maximum Gasteiger partial charge on any atom is 0.184 e. The first-order valence-electron chi connectivity index (χ1n) is 6.32. The van der Waals surface area contributed by atoms with Gasteiger partial charge < -0.3 is 18.9 Å². The summed E-state index contributed by atoms with van der Waals surface area (Å²) in [6.45, 7) is 5.34. The predicted octanol–water partition coefficient (Wildman–Crippen LogP) is 2.92. The first kappa shape index (κ1) is 13.2. The number of hydrogen-bond acceptors (Lipinski definition) is 4. The number of benzene rings is 1. The van der Waals surface area contributed by atoms with Gasteiger partial charge in [-0.1, -0.05) is 6.07 Å². The molecule has 0 spiro atoms. The monoisotopic (exact) mass is 252 g/mol. The Hall–Kier alpha value is -1.26. The van der Waals surface area contributed by atoms with Crippen LogP contribution in [0.1, 0.15) is 32.1 Å². The summed E-state index contributed by atoms with van der Waals surface area (Å²) in [6.07, 6.45) is 0.852. The average molecular weight is 252 g/mol. The molecule has 0 bridgehead atoms. The Labute approximate surface area is 108 Å². The van der Waals surface area contributed by atoms with Gasteiger partial charge in [-0.05, 0) is 32.4 Å². The van der Waals surface area contributed by atoms with Crippen molar-refractivity contribution in [2.45, 2.75) is 32.7 Å². The fraction of sp³-hybridized carbons (Fsp3) is 0.571. The topological polar surface area (TPSA) is 36.9 Å². The molecule has 4 nitrogen and oxygen atoms in total. The van der Waals surface area contributed by atoms with E-state index in [0.29, 0.717) is 12.4 Å². The Kier molecular flexibility index (Phi) is 4.44. The van der Waals surface area contributed by atoms with E-state index in [2.05, 4.69) is 6.92 Å². The van der Waals surface area contributed by atoms with E-state index < -0.39 is 0 Å². The third-order valence-corrected chi connectivity index (χ3v) is 2.91. The Bertz CT molecular complexity index is 391. The van der Waals surface area contributed by atoms with Crippen molar-refractivity contribution in [1.82, 2.24) is 0 Å². The van der Waals surface area contributed by atoms with Gasteiger partial charge in [0.1, 0.15) is 0 Å². The summed E-state index contributed by atoms with van der Waals surface area (Å²) in [5.74, 6) is 1.45. The lowest BCUT2D eigenvalue weighted by Crippen LogP contribution is -2.24. The first-order chi connectivity index (χ1) is 8.74. The van der Waals surface area contributed by atoms with Crippen molar-refractivity contribution in [1.29, 1.82) is 0 Å². The molecule has 18 heavy (non-hydrogen) atoms. The van der Waals surface area contributed by atoms with E-state index in [0.717, 1.165) is 24.3 Å². The molecule has 0 unspecified atom stereocenters. The molecule has 1 heterocycles. The zero-order valence-electron chi connectivity index (χ0n) is 11.1. The molecule has 0 aliphatic carbocycles. The van der Waals surface area contributed by atoms with E-state index in [1.54, 1.807) is 7.11 Å². The lowest BCUT2D eigenvalue weighted by Gasteiger charge is -2.28. The van der Waals surface area contributed by atoms with Crippen molar-refractivity contribution in [2.24, 2.45) is 0 Å². The molecular weight excluding hydrogens is 232 g/mol. The Morgan fingerprint density at radius 1 is 1.33 bits per heavy atom. The van der Waals surface area contributed by atoms with Gasteiger partial charge in [-0.3, -0.25) is 0 Å². The highest BCUT2D eigenvalue weighted by Crippen LogP contribution is 2.33. The fourth-order valence-electron chi connectivity index (χ4n) is 1.94. The Balaban J connectivity index is 2.18. The van der Waals surface area contributed by atoms with E-state index in [1.807, 2.05) is 25.1 Å². The van der Waals surface area contributed by atoms with Crippen LogP contribution in [-0.4, -0.2) is 26.4 Å². The van der Waals surface area contributed by atoms with Crippen molar-refractivity contribution < 1.29 is 18.9 Å².